The summed E-state index contributed by atoms with van der Waals surface area (Å²) in [6.07, 6.45) is 0.443. The highest BCUT2D eigenvalue weighted by Crippen LogP contribution is 2.35. The second-order valence-corrected chi connectivity index (χ2v) is 6.30. The van der Waals surface area contributed by atoms with Crippen LogP contribution in [0.3, 0.4) is 0 Å². The van der Waals surface area contributed by atoms with Crippen LogP contribution in [0, 0.1) is 0 Å². The predicted molar refractivity (Wildman–Crippen MR) is 77.2 cm³/mol. The lowest BCUT2D eigenvalue weighted by molar-refractivity contribution is -0.170. The normalized spacial score (nSPS) is 24.4. The highest BCUT2D eigenvalue weighted by molar-refractivity contribution is 5.77. The van der Waals surface area contributed by atoms with E-state index in [4.69, 9.17) is 4.74 Å². The van der Waals surface area contributed by atoms with Crippen LogP contribution in [-0.2, 0) is 15.1 Å². The summed E-state index contributed by atoms with van der Waals surface area (Å²) in [5.74, 6) is -0.573. The number of hydrogen-bond donors (Lipinski definition) is 2. The van der Waals surface area contributed by atoms with Gasteiger partial charge in [0.25, 0.3) is 0 Å². The monoisotopic (exact) mass is 277 g/mol. The zero-order valence-corrected chi connectivity index (χ0v) is 12.3. The number of rotatable bonds is 3. The van der Waals surface area contributed by atoms with Gasteiger partial charge in [0, 0.05) is 0 Å². The molecule has 2 rings (SSSR count). The Morgan fingerprint density at radius 3 is 2.50 bits per heavy atom. The van der Waals surface area contributed by atoms with Crippen molar-refractivity contribution in [2.45, 2.75) is 50.9 Å². The predicted octanol–water partition coefficient (Wildman–Crippen LogP) is 1.97. The van der Waals surface area contributed by atoms with Crippen LogP contribution >= 0.6 is 0 Å². The fourth-order valence-corrected chi connectivity index (χ4v) is 2.70. The average molecular weight is 277 g/mol. The molecule has 1 aliphatic rings. The van der Waals surface area contributed by atoms with Gasteiger partial charge in [0.1, 0.15) is 5.60 Å². The van der Waals surface area contributed by atoms with Crippen molar-refractivity contribution < 1.29 is 14.6 Å². The smallest absolute Gasteiger partial charge is 0.337 e. The molecule has 0 aromatic heterocycles. The van der Waals surface area contributed by atoms with Crippen molar-refractivity contribution in [1.82, 2.24) is 5.32 Å². The van der Waals surface area contributed by atoms with Gasteiger partial charge in [-0.1, -0.05) is 30.3 Å². The van der Waals surface area contributed by atoms with E-state index < -0.39 is 23.2 Å². The molecule has 1 aliphatic heterocycles. The molecule has 0 bridgehead atoms. The van der Waals surface area contributed by atoms with E-state index in [1.807, 2.05) is 30.3 Å². The van der Waals surface area contributed by atoms with Gasteiger partial charge in [-0.25, -0.2) is 4.79 Å². The number of benzene rings is 1. The first-order valence-corrected chi connectivity index (χ1v) is 7.07. The Kier molecular flexibility index (Phi) is 4.16. The van der Waals surface area contributed by atoms with Crippen LogP contribution in [0.4, 0.5) is 0 Å². The Balaban J connectivity index is 2.27. The van der Waals surface area contributed by atoms with Crippen LogP contribution in [0.5, 0.6) is 0 Å². The van der Waals surface area contributed by atoms with E-state index in [0.29, 0.717) is 0 Å². The van der Waals surface area contributed by atoms with Crippen LogP contribution in [-0.4, -0.2) is 29.3 Å². The van der Waals surface area contributed by atoms with Gasteiger partial charge < -0.3 is 15.2 Å². The zero-order chi connectivity index (χ0) is 14.8. The standard InChI is InChI=1S/C16H23NO3/c1-15(2,3)20-14(19)13(18)16(10-7-11-17-16)12-8-5-4-6-9-12/h4-6,8-9,13,17-18H,7,10-11H2,1-3H3/t13?,16-/m1/s1. The molecule has 0 amide bonds. The van der Waals surface area contributed by atoms with E-state index in [-0.39, 0.29) is 0 Å². The van der Waals surface area contributed by atoms with E-state index >= 15 is 0 Å². The topological polar surface area (TPSA) is 58.6 Å². The Hall–Kier alpha value is -1.39. The summed E-state index contributed by atoms with van der Waals surface area (Å²) in [5, 5.41) is 13.8. The second-order valence-electron chi connectivity index (χ2n) is 6.30. The number of esters is 1. The molecule has 2 atom stereocenters. The number of carbonyl (C=O) groups is 1. The van der Waals surface area contributed by atoms with Gasteiger partial charge in [-0.05, 0) is 45.7 Å². The molecule has 0 spiro atoms. The number of carbonyl (C=O) groups excluding carboxylic acids is 1. The van der Waals surface area contributed by atoms with Gasteiger partial charge in [0.2, 0.25) is 0 Å². The Labute approximate surface area is 120 Å². The summed E-state index contributed by atoms with van der Waals surface area (Å²) in [4.78, 5) is 12.2. The van der Waals surface area contributed by atoms with Crippen LogP contribution < -0.4 is 5.32 Å². The molecule has 1 saturated heterocycles. The van der Waals surface area contributed by atoms with Gasteiger partial charge in [-0.15, -0.1) is 0 Å². The lowest BCUT2D eigenvalue weighted by Gasteiger charge is -2.35. The van der Waals surface area contributed by atoms with Gasteiger partial charge in [0.05, 0.1) is 5.54 Å². The lowest BCUT2D eigenvalue weighted by atomic mass is 9.83. The largest absolute Gasteiger partial charge is 0.458 e. The number of aliphatic hydroxyl groups excluding tert-OH is 1. The van der Waals surface area contributed by atoms with Crippen molar-refractivity contribution in [2.24, 2.45) is 0 Å². The summed E-state index contributed by atoms with van der Waals surface area (Å²) in [5.41, 5.74) is -0.408. The number of nitrogens with one attached hydrogen (secondary N) is 1. The summed E-state index contributed by atoms with van der Waals surface area (Å²) >= 11 is 0. The van der Waals surface area contributed by atoms with Crippen molar-refractivity contribution in [3.63, 3.8) is 0 Å². The zero-order valence-electron chi connectivity index (χ0n) is 12.3. The molecule has 4 nitrogen and oxygen atoms in total. The Morgan fingerprint density at radius 2 is 2.00 bits per heavy atom. The van der Waals surface area contributed by atoms with Crippen molar-refractivity contribution in [2.75, 3.05) is 6.54 Å². The lowest BCUT2D eigenvalue weighted by Crippen LogP contribution is -2.52. The molecule has 110 valence electrons. The van der Waals surface area contributed by atoms with E-state index in [1.54, 1.807) is 20.8 Å². The molecule has 2 N–H and O–H groups in total. The fourth-order valence-electron chi connectivity index (χ4n) is 2.70. The van der Waals surface area contributed by atoms with Crippen molar-refractivity contribution in [3.8, 4) is 0 Å². The van der Waals surface area contributed by atoms with E-state index in [1.165, 1.54) is 0 Å². The van der Waals surface area contributed by atoms with Crippen molar-refractivity contribution >= 4 is 5.97 Å². The molecular formula is C16H23NO3. The van der Waals surface area contributed by atoms with Crippen LogP contribution in [0.15, 0.2) is 30.3 Å². The maximum Gasteiger partial charge on any atom is 0.337 e. The minimum absolute atomic E-state index is 0.573. The van der Waals surface area contributed by atoms with Gasteiger partial charge in [0.15, 0.2) is 6.10 Å². The molecule has 1 aromatic carbocycles. The minimum Gasteiger partial charge on any atom is -0.458 e. The fraction of sp³-hybridized carbons (Fsp3) is 0.562. The molecular weight excluding hydrogens is 254 g/mol. The van der Waals surface area contributed by atoms with E-state index in [9.17, 15) is 9.90 Å². The van der Waals surface area contributed by atoms with E-state index in [2.05, 4.69) is 5.32 Å². The Bertz CT molecular complexity index is 458. The van der Waals surface area contributed by atoms with Crippen molar-refractivity contribution in [1.29, 1.82) is 0 Å². The molecule has 0 aliphatic carbocycles. The van der Waals surface area contributed by atoms with Gasteiger partial charge >= 0.3 is 5.97 Å². The maximum atomic E-state index is 12.2. The molecule has 1 aromatic rings. The van der Waals surface area contributed by atoms with Crippen molar-refractivity contribution in [3.05, 3.63) is 35.9 Å². The quantitative estimate of drug-likeness (QED) is 0.829. The SMILES string of the molecule is CC(C)(C)OC(=O)C(O)[C@]1(c2ccccc2)CCCN1. The first-order valence-electron chi connectivity index (χ1n) is 7.07. The molecule has 1 fully saturated rings. The molecule has 1 unspecified atom stereocenters. The van der Waals surface area contributed by atoms with Crippen LogP contribution in [0.1, 0.15) is 39.2 Å². The third kappa shape index (κ3) is 3.02. The van der Waals surface area contributed by atoms with Crippen LogP contribution in [0.2, 0.25) is 0 Å². The van der Waals surface area contributed by atoms with Gasteiger partial charge in [-0.3, -0.25) is 0 Å². The number of aliphatic hydroxyl groups is 1. The third-order valence-electron chi connectivity index (χ3n) is 3.57. The van der Waals surface area contributed by atoms with Gasteiger partial charge in [-0.2, -0.15) is 0 Å². The van der Waals surface area contributed by atoms with Crippen LogP contribution in [0.25, 0.3) is 0 Å². The average Bonchev–Trinajstić information content (AvgIpc) is 2.87. The highest BCUT2D eigenvalue weighted by Gasteiger charge is 2.47. The summed E-state index contributed by atoms with van der Waals surface area (Å²) in [6, 6.07) is 9.63. The number of ether oxygens (including phenoxy) is 1. The molecule has 20 heavy (non-hydrogen) atoms. The maximum absolute atomic E-state index is 12.2. The number of hydrogen-bond acceptors (Lipinski definition) is 4. The summed E-state index contributed by atoms with van der Waals surface area (Å²) in [7, 11) is 0. The van der Waals surface area contributed by atoms with E-state index in [0.717, 1.165) is 24.9 Å². The second kappa shape index (κ2) is 5.54. The summed E-state index contributed by atoms with van der Waals surface area (Å²) < 4.78 is 5.33. The molecule has 0 saturated carbocycles. The molecule has 4 heteroatoms. The molecule has 0 radical (unpaired) electrons. The first kappa shape index (κ1) is 15.0. The highest BCUT2D eigenvalue weighted by atomic mass is 16.6. The third-order valence-corrected chi connectivity index (χ3v) is 3.57. The molecule has 1 heterocycles. The Morgan fingerprint density at radius 1 is 1.35 bits per heavy atom. The first-order chi connectivity index (χ1) is 9.35. The summed E-state index contributed by atoms with van der Waals surface area (Å²) in [6.45, 7) is 6.19. The minimum atomic E-state index is -1.20.